The highest BCUT2D eigenvalue weighted by atomic mass is 32.1. The van der Waals surface area contributed by atoms with Gasteiger partial charge in [0.25, 0.3) is 0 Å². The first-order valence-corrected chi connectivity index (χ1v) is 9.00. The maximum Gasteiger partial charge on any atom is 0.189 e. The number of rotatable bonds is 4. The van der Waals surface area contributed by atoms with Gasteiger partial charge in [0.2, 0.25) is 0 Å². The van der Waals surface area contributed by atoms with Gasteiger partial charge in [0.1, 0.15) is 0 Å². The van der Waals surface area contributed by atoms with Crippen molar-refractivity contribution in [2.45, 2.75) is 26.3 Å². The number of benzene rings is 2. The summed E-state index contributed by atoms with van der Waals surface area (Å²) in [7, 11) is 1.83. The van der Waals surface area contributed by atoms with E-state index in [1.165, 1.54) is 11.1 Å². The van der Waals surface area contributed by atoms with Crippen molar-refractivity contribution >= 4 is 40.3 Å². The van der Waals surface area contributed by atoms with Crippen molar-refractivity contribution in [1.29, 1.82) is 0 Å². The van der Waals surface area contributed by atoms with E-state index in [9.17, 15) is 0 Å². The van der Waals surface area contributed by atoms with Gasteiger partial charge in [-0.15, -0.1) is 0 Å². The summed E-state index contributed by atoms with van der Waals surface area (Å²) in [6.45, 7) is 5.02. The summed E-state index contributed by atoms with van der Waals surface area (Å²) in [4.78, 5) is 0. The van der Waals surface area contributed by atoms with Gasteiger partial charge < -0.3 is 10.6 Å². The molecule has 2 rings (SSSR count). The number of hydrazine groups is 1. The van der Waals surface area contributed by atoms with Crippen LogP contribution in [0.3, 0.4) is 0 Å². The summed E-state index contributed by atoms with van der Waals surface area (Å²) in [5.74, 6) is 0.512. The summed E-state index contributed by atoms with van der Waals surface area (Å²) in [6, 6.07) is 18.4. The zero-order valence-corrected chi connectivity index (χ0v) is 16.4. The predicted octanol–water partition coefficient (Wildman–Crippen LogP) is 4.02. The fourth-order valence-electron chi connectivity index (χ4n) is 2.21. The quantitative estimate of drug-likeness (QED) is 0.556. The van der Waals surface area contributed by atoms with E-state index >= 15 is 0 Å². The van der Waals surface area contributed by atoms with Crippen LogP contribution in [0.4, 0.5) is 5.69 Å². The highest BCUT2D eigenvalue weighted by molar-refractivity contribution is 7.80. The van der Waals surface area contributed by atoms with Gasteiger partial charge in [-0.1, -0.05) is 56.3 Å². The third-order valence-corrected chi connectivity index (χ3v) is 4.31. The van der Waals surface area contributed by atoms with Crippen molar-refractivity contribution in [2.24, 2.45) is 0 Å². The third-order valence-electron chi connectivity index (χ3n) is 3.70. The standard InChI is InChI=1S/C19H24N4S2/c1-14(2)16-9-11-17(12-10-16)21-18(24)22-23(3)19(25)20-13-15-7-5-4-6-8-15/h4-12,14H,13H2,1-3H3,(H,20,25)(H2,21,22,24). The molecule has 0 amide bonds. The Morgan fingerprint density at radius 3 is 2.24 bits per heavy atom. The SMILES string of the molecule is CC(C)c1ccc(NC(=S)NN(C)C(=S)NCc2ccccc2)cc1. The molecule has 0 aliphatic carbocycles. The van der Waals surface area contributed by atoms with Crippen LogP contribution in [-0.4, -0.2) is 22.3 Å². The van der Waals surface area contributed by atoms with Crippen molar-refractivity contribution in [3.8, 4) is 0 Å². The van der Waals surface area contributed by atoms with Crippen molar-refractivity contribution in [3.05, 3.63) is 65.7 Å². The van der Waals surface area contributed by atoms with Gasteiger partial charge in [-0.3, -0.25) is 10.4 Å². The van der Waals surface area contributed by atoms with E-state index in [1.54, 1.807) is 5.01 Å². The molecule has 3 N–H and O–H groups in total. The monoisotopic (exact) mass is 372 g/mol. The Kier molecular flexibility index (Phi) is 7.16. The van der Waals surface area contributed by atoms with E-state index in [1.807, 2.05) is 37.4 Å². The van der Waals surface area contributed by atoms with E-state index in [-0.39, 0.29) is 0 Å². The summed E-state index contributed by atoms with van der Waals surface area (Å²) in [6.07, 6.45) is 0. The van der Waals surface area contributed by atoms with Crippen molar-refractivity contribution in [3.63, 3.8) is 0 Å². The Bertz CT molecular complexity index is 699. The van der Waals surface area contributed by atoms with E-state index in [4.69, 9.17) is 24.4 Å². The summed E-state index contributed by atoms with van der Waals surface area (Å²) in [5.41, 5.74) is 6.46. The van der Waals surface area contributed by atoms with Crippen LogP contribution in [0, 0.1) is 0 Å². The molecule has 4 nitrogen and oxygen atoms in total. The molecule has 2 aromatic carbocycles. The van der Waals surface area contributed by atoms with Crippen LogP contribution in [0.25, 0.3) is 0 Å². The molecular formula is C19H24N4S2. The molecule has 0 aliphatic rings. The average Bonchev–Trinajstić information content (AvgIpc) is 2.60. The normalized spacial score (nSPS) is 10.2. The van der Waals surface area contributed by atoms with Gasteiger partial charge in [-0.25, -0.2) is 0 Å². The van der Waals surface area contributed by atoms with Crippen LogP contribution in [-0.2, 0) is 6.54 Å². The minimum atomic E-state index is 0.489. The first-order chi connectivity index (χ1) is 12.0. The summed E-state index contributed by atoms with van der Waals surface area (Å²) in [5, 5.41) is 9.11. The Balaban J connectivity index is 1.79. The molecule has 0 radical (unpaired) electrons. The smallest absolute Gasteiger partial charge is 0.189 e. The van der Waals surface area contributed by atoms with Crippen LogP contribution >= 0.6 is 24.4 Å². The van der Waals surface area contributed by atoms with E-state index < -0.39 is 0 Å². The number of thiocarbonyl (C=S) groups is 2. The highest BCUT2D eigenvalue weighted by Crippen LogP contribution is 2.17. The number of anilines is 1. The lowest BCUT2D eigenvalue weighted by atomic mass is 10.0. The van der Waals surface area contributed by atoms with Gasteiger partial charge in [0.15, 0.2) is 10.2 Å². The second-order valence-electron chi connectivity index (χ2n) is 6.05. The van der Waals surface area contributed by atoms with E-state index in [0.717, 1.165) is 5.69 Å². The fourth-order valence-corrected chi connectivity index (χ4v) is 2.58. The average molecular weight is 373 g/mol. The Labute approximate surface area is 160 Å². The lowest BCUT2D eigenvalue weighted by Crippen LogP contribution is -2.49. The molecule has 0 saturated heterocycles. The molecule has 2 aromatic rings. The van der Waals surface area contributed by atoms with Gasteiger partial charge in [-0.2, -0.15) is 0 Å². The number of nitrogens with zero attached hydrogens (tertiary/aromatic N) is 1. The molecule has 0 aliphatic heterocycles. The summed E-state index contributed by atoms with van der Waals surface area (Å²) >= 11 is 10.7. The first kappa shape index (κ1) is 19.1. The lowest BCUT2D eigenvalue weighted by Gasteiger charge is -2.23. The van der Waals surface area contributed by atoms with Crippen molar-refractivity contribution in [1.82, 2.24) is 15.8 Å². The van der Waals surface area contributed by atoms with Crippen molar-refractivity contribution in [2.75, 3.05) is 12.4 Å². The van der Waals surface area contributed by atoms with Gasteiger partial charge in [-0.05, 0) is 53.6 Å². The highest BCUT2D eigenvalue weighted by Gasteiger charge is 2.06. The molecule has 6 heteroatoms. The minimum Gasteiger partial charge on any atom is -0.357 e. The molecule has 0 unspecified atom stereocenters. The largest absolute Gasteiger partial charge is 0.357 e. The third kappa shape index (κ3) is 6.32. The maximum absolute atomic E-state index is 5.37. The minimum absolute atomic E-state index is 0.489. The molecule has 0 atom stereocenters. The molecule has 0 heterocycles. The Morgan fingerprint density at radius 1 is 1.00 bits per heavy atom. The molecule has 0 fully saturated rings. The molecule has 132 valence electrons. The number of hydrogen-bond acceptors (Lipinski definition) is 2. The van der Waals surface area contributed by atoms with Crippen LogP contribution in [0.5, 0.6) is 0 Å². The van der Waals surface area contributed by atoms with Crippen LogP contribution < -0.4 is 16.1 Å². The first-order valence-electron chi connectivity index (χ1n) is 8.19. The molecule has 0 spiro atoms. The molecular weight excluding hydrogens is 348 g/mol. The zero-order chi connectivity index (χ0) is 18.2. The predicted molar refractivity (Wildman–Crippen MR) is 114 cm³/mol. The number of nitrogens with one attached hydrogen (secondary N) is 3. The van der Waals surface area contributed by atoms with Crippen molar-refractivity contribution < 1.29 is 0 Å². The number of hydrogen-bond donors (Lipinski definition) is 3. The van der Waals surface area contributed by atoms with E-state index in [0.29, 0.717) is 22.7 Å². The second-order valence-corrected chi connectivity index (χ2v) is 6.84. The molecule has 0 bridgehead atoms. The Hall–Kier alpha value is -2.18. The molecule has 0 saturated carbocycles. The molecule has 25 heavy (non-hydrogen) atoms. The van der Waals surface area contributed by atoms with Gasteiger partial charge >= 0.3 is 0 Å². The fraction of sp³-hybridized carbons (Fsp3) is 0.263. The lowest BCUT2D eigenvalue weighted by molar-refractivity contribution is 0.450. The van der Waals surface area contributed by atoms with Crippen LogP contribution in [0.15, 0.2) is 54.6 Å². The maximum atomic E-state index is 5.37. The van der Waals surface area contributed by atoms with E-state index in [2.05, 4.69) is 54.2 Å². The van der Waals surface area contributed by atoms with Gasteiger partial charge in [0.05, 0.1) is 0 Å². The topological polar surface area (TPSA) is 39.3 Å². The summed E-state index contributed by atoms with van der Waals surface area (Å²) < 4.78 is 0. The molecule has 0 aromatic heterocycles. The Morgan fingerprint density at radius 2 is 1.64 bits per heavy atom. The van der Waals surface area contributed by atoms with Gasteiger partial charge in [0, 0.05) is 19.3 Å². The van der Waals surface area contributed by atoms with Crippen LogP contribution in [0.2, 0.25) is 0 Å². The second kappa shape index (κ2) is 9.34. The zero-order valence-electron chi connectivity index (χ0n) is 14.7. The van der Waals surface area contributed by atoms with Crippen LogP contribution in [0.1, 0.15) is 30.9 Å².